The molecule has 7 heteroatoms. The molecular formula is C13H18N4O3. The van der Waals surface area contributed by atoms with Gasteiger partial charge in [-0.2, -0.15) is 0 Å². The molecule has 0 radical (unpaired) electrons. The molecule has 0 aliphatic carbocycles. The summed E-state index contributed by atoms with van der Waals surface area (Å²) in [4.78, 5) is 36.3. The maximum absolute atomic E-state index is 11.7. The molecule has 1 rings (SSSR count). The highest BCUT2D eigenvalue weighted by molar-refractivity contribution is 6.40. The zero-order valence-corrected chi connectivity index (χ0v) is 11.5. The lowest BCUT2D eigenvalue weighted by Gasteiger charge is -2.11. The number of likely N-dealkylation sites (N-methyl/N-ethyl adjacent to an activating group) is 1. The van der Waals surface area contributed by atoms with Crippen molar-refractivity contribution in [3.8, 4) is 0 Å². The van der Waals surface area contributed by atoms with Crippen LogP contribution in [0.1, 0.15) is 10.4 Å². The van der Waals surface area contributed by atoms with Crippen molar-refractivity contribution in [3.05, 3.63) is 29.8 Å². The number of nitrogens with one attached hydrogen (secondary N) is 2. The van der Waals surface area contributed by atoms with Crippen molar-refractivity contribution in [3.63, 3.8) is 0 Å². The molecule has 1 aromatic carbocycles. The fraction of sp³-hybridized carbons (Fsp3) is 0.308. The van der Waals surface area contributed by atoms with E-state index in [-0.39, 0.29) is 11.3 Å². The first-order valence-corrected chi connectivity index (χ1v) is 6.04. The summed E-state index contributed by atoms with van der Waals surface area (Å²) in [5.41, 5.74) is 5.55. The van der Waals surface area contributed by atoms with Gasteiger partial charge in [0.15, 0.2) is 0 Å². The van der Waals surface area contributed by atoms with Gasteiger partial charge < -0.3 is 21.3 Å². The number of hydrogen-bond donors (Lipinski definition) is 3. The van der Waals surface area contributed by atoms with E-state index in [1.165, 1.54) is 12.1 Å². The molecule has 0 atom stereocenters. The van der Waals surface area contributed by atoms with Gasteiger partial charge in [-0.15, -0.1) is 0 Å². The van der Waals surface area contributed by atoms with Gasteiger partial charge in [0.2, 0.25) is 0 Å². The maximum Gasteiger partial charge on any atom is 0.313 e. The van der Waals surface area contributed by atoms with E-state index in [4.69, 9.17) is 5.73 Å². The van der Waals surface area contributed by atoms with E-state index in [0.717, 1.165) is 0 Å². The molecule has 0 saturated heterocycles. The zero-order chi connectivity index (χ0) is 15.1. The van der Waals surface area contributed by atoms with Crippen LogP contribution in [0.2, 0.25) is 0 Å². The topological polar surface area (TPSA) is 105 Å². The van der Waals surface area contributed by atoms with Gasteiger partial charge in [-0.3, -0.25) is 14.4 Å². The predicted octanol–water partition coefficient (Wildman–Crippen LogP) is -0.598. The highest BCUT2D eigenvalue weighted by Crippen LogP contribution is 2.13. The average molecular weight is 278 g/mol. The lowest BCUT2D eigenvalue weighted by atomic mass is 10.1. The average Bonchev–Trinajstić information content (AvgIpc) is 2.38. The number of benzene rings is 1. The number of primary amides is 1. The van der Waals surface area contributed by atoms with E-state index >= 15 is 0 Å². The van der Waals surface area contributed by atoms with E-state index in [1.54, 1.807) is 12.1 Å². The number of amides is 3. The molecular weight excluding hydrogens is 260 g/mol. The Morgan fingerprint density at radius 3 is 2.40 bits per heavy atom. The zero-order valence-electron chi connectivity index (χ0n) is 11.5. The van der Waals surface area contributed by atoms with Crippen LogP contribution in [0.15, 0.2) is 24.3 Å². The summed E-state index contributed by atoms with van der Waals surface area (Å²) in [7, 11) is 3.71. The van der Waals surface area contributed by atoms with Crippen LogP contribution in [-0.4, -0.2) is 49.8 Å². The number of nitrogens with two attached hydrogens (primary N) is 1. The van der Waals surface area contributed by atoms with Crippen molar-refractivity contribution in [1.29, 1.82) is 0 Å². The molecule has 108 valence electrons. The first kappa shape index (κ1) is 15.6. The largest absolute Gasteiger partial charge is 0.366 e. The second kappa shape index (κ2) is 7.25. The van der Waals surface area contributed by atoms with E-state index in [1.807, 2.05) is 19.0 Å². The molecule has 0 unspecified atom stereocenters. The molecule has 3 amide bonds. The summed E-state index contributed by atoms with van der Waals surface area (Å²) in [5.74, 6) is -2.27. The second-order valence-electron chi connectivity index (χ2n) is 4.42. The Balaban J connectivity index is 2.62. The molecule has 7 nitrogen and oxygen atoms in total. The number of carbonyl (C=O) groups is 3. The maximum atomic E-state index is 11.7. The molecule has 1 aromatic rings. The molecule has 0 bridgehead atoms. The molecule has 0 fully saturated rings. The van der Waals surface area contributed by atoms with Crippen molar-refractivity contribution in [2.24, 2.45) is 5.73 Å². The van der Waals surface area contributed by atoms with Gasteiger partial charge >= 0.3 is 11.8 Å². The van der Waals surface area contributed by atoms with E-state index in [2.05, 4.69) is 10.6 Å². The lowest BCUT2D eigenvalue weighted by Crippen LogP contribution is -2.39. The van der Waals surface area contributed by atoms with Crippen molar-refractivity contribution in [2.75, 3.05) is 32.5 Å². The Morgan fingerprint density at radius 1 is 1.15 bits per heavy atom. The van der Waals surface area contributed by atoms with Crippen molar-refractivity contribution in [2.45, 2.75) is 0 Å². The minimum Gasteiger partial charge on any atom is -0.366 e. The number of carbonyl (C=O) groups excluding carboxylic acids is 3. The van der Waals surface area contributed by atoms with Gasteiger partial charge in [0.1, 0.15) is 0 Å². The summed E-state index contributed by atoms with van der Waals surface area (Å²) in [6, 6.07) is 6.23. The molecule has 0 spiro atoms. The molecule has 0 aromatic heterocycles. The van der Waals surface area contributed by atoms with E-state index in [0.29, 0.717) is 13.1 Å². The van der Waals surface area contributed by atoms with Crippen molar-refractivity contribution >= 4 is 23.4 Å². The summed E-state index contributed by atoms with van der Waals surface area (Å²) in [5, 5.41) is 4.84. The summed E-state index contributed by atoms with van der Waals surface area (Å²) >= 11 is 0. The Morgan fingerprint density at radius 2 is 1.80 bits per heavy atom. The van der Waals surface area contributed by atoms with Crippen molar-refractivity contribution < 1.29 is 14.4 Å². The molecule has 20 heavy (non-hydrogen) atoms. The van der Waals surface area contributed by atoms with Crippen LogP contribution < -0.4 is 16.4 Å². The third-order valence-electron chi connectivity index (χ3n) is 2.49. The van der Waals surface area contributed by atoms with Crippen LogP contribution >= 0.6 is 0 Å². The first-order valence-electron chi connectivity index (χ1n) is 6.04. The monoisotopic (exact) mass is 278 g/mol. The first-order chi connectivity index (χ1) is 9.41. The van der Waals surface area contributed by atoms with Gasteiger partial charge in [-0.25, -0.2) is 0 Å². The predicted molar refractivity (Wildman–Crippen MR) is 75.2 cm³/mol. The van der Waals surface area contributed by atoms with Gasteiger partial charge in [0.25, 0.3) is 5.91 Å². The van der Waals surface area contributed by atoms with Gasteiger partial charge in [0.05, 0.1) is 11.3 Å². The third kappa shape index (κ3) is 4.69. The summed E-state index contributed by atoms with van der Waals surface area (Å²) < 4.78 is 0. The number of hydrogen-bond acceptors (Lipinski definition) is 4. The number of anilines is 1. The minimum atomic E-state index is -0.836. The van der Waals surface area contributed by atoms with Gasteiger partial charge in [-0.1, -0.05) is 12.1 Å². The van der Waals surface area contributed by atoms with Crippen molar-refractivity contribution in [1.82, 2.24) is 10.2 Å². The Kier molecular flexibility index (Phi) is 5.67. The normalized spacial score (nSPS) is 10.2. The SMILES string of the molecule is CN(C)CCNC(=O)C(=O)Nc1ccccc1C(N)=O. The standard InChI is InChI=1S/C13H18N4O3/c1-17(2)8-7-15-12(19)13(20)16-10-6-4-3-5-9(10)11(14)18/h3-6H,7-8H2,1-2H3,(H2,14,18)(H,15,19)(H,16,20). The Labute approximate surface area is 117 Å². The fourth-order valence-electron chi connectivity index (χ4n) is 1.46. The Hall–Kier alpha value is -2.41. The molecule has 0 aliphatic rings. The Bertz CT molecular complexity index is 514. The number of rotatable bonds is 5. The molecule has 4 N–H and O–H groups in total. The second-order valence-corrected chi connectivity index (χ2v) is 4.42. The van der Waals surface area contributed by atoms with Crippen LogP contribution in [0.25, 0.3) is 0 Å². The smallest absolute Gasteiger partial charge is 0.313 e. The molecule has 0 heterocycles. The minimum absolute atomic E-state index is 0.155. The molecule has 0 aliphatic heterocycles. The van der Waals surface area contributed by atoms with Crippen LogP contribution in [0.5, 0.6) is 0 Å². The molecule has 0 saturated carbocycles. The highest BCUT2D eigenvalue weighted by atomic mass is 16.2. The number of para-hydroxylation sites is 1. The fourth-order valence-corrected chi connectivity index (χ4v) is 1.46. The van der Waals surface area contributed by atoms with Crippen LogP contribution in [-0.2, 0) is 9.59 Å². The van der Waals surface area contributed by atoms with Gasteiger partial charge in [-0.05, 0) is 26.2 Å². The van der Waals surface area contributed by atoms with E-state index in [9.17, 15) is 14.4 Å². The van der Waals surface area contributed by atoms with Gasteiger partial charge in [0, 0.05) is 13.1 Å². The summed E-state index contributed by atoms with van der Waals surface area (Å²) in [6.45, 7) is 0.980. The third-order valence-corrected chi connectivity index (χ3v) is 2.49. The number of nitrogens with zero attached hydrogens (tertiary/aromatic N) is 1. The van der Waals surface area contributed by atoms with Crippen LogP contribution in [0.4, 0.5) is 5.69 Å². The lowest BCUT2D eigenvalue weighted by molar-refractivity contribution is -0.136. The van der Waals surface area contributed by atoms with Crippen LogP contribution in [0, 0.1) is 0 Å². The summed E-state index contributed by atoms with van der Waals surface area (Å²) in [6.07, 6.45) is 0. The van der Waals surface area contributed by atoms with E-state index < -0.39 is 17.7 Å². The quantitative estimate of drug-likeness (QED) is 0.626. The highest BCUT2D eigenvalue weighted by Gasteiger charge is 2.16. The van der Waals surface area contributed by atoms with Crippen LogP contribution in [0.3, 0.4) is 0 Å².